The molecule has 1 atom stereocenters. The summed E-state index contributed by atoms with van der Waals surface area (Å²) in [6.45, 7) is 2.48. The van der Waals surface area contributed by atoms with Crippen molar-refractivity contribution in [1.29, 1.82) is 0 Å². The van der Waals surface area contributed by atoms with Gasteiger partial charge in [0.25, 0.3) is 5.56 Å². The maximum Gasteiger partial charge on any atom is 0.389 e. The lowest BCUT2D eigenvalue weighted by Crippen LogP contribution is -2.44. The average molecular weight is 459 g/mol. The molecule has 0 spiro atoms. The van der Waals surface area contributed by atoms with Crippen molar-refractivity contribution in [2.24, 2.45) is 17.1 Å². The number of aromatic amines is 1. The number of alkyl halides is 3. The number of pyridine rings is 1. The Kier molecular flexibility index (Phi) is 7.58. The zero-order valence-electron chi connectivity index (χ0n) is 17.7. The van der Waals surface area contributed by atoms with Gasteiger partial charge in [0.05, 0.1) is 11.6 Å². The number of nitrogens with two attached hydrogens (primary N) is 1. The minimum Gasteiger partial charge on any atom is -0.492 e. The number of rotatable bonds is 8. The van der Waals surface area contributed by atoms with E-state index in [-0.39, 0.29) is 23.4 Å². The van der Waals surface area contributed by atoms with E-state index < -0.39 is 12.6 Å². The van der Waals surface area contributed by atoms with Crippen LogP contribution in [0.4, 0.5) is 13.2 Å². The third-order valence-electron chi connectivity index (χ3n) is 6.76. The van der Waals surface area contributed by atoms with Crippen LogP contribution in [0, 0.1) is 11.3 Å². The first-order chi connectivity index (χ1) is 14.6. The molecule has 1 aromatic heterocycles. The number of halogens is 4. The van der Waals surface area contributed by atoms with Crippen LogP contribution in [0.1, 0.15) is 58.3 Å². The lowest BCUT2D eigenvalue weighted by Gasteiger charge is -2.44. The van der Waals surface area contributed by atoms with Gasteiger partial charge in [-0.25, -0.2) is 0 Å². The fourth-order valence-corrected chi connectivity index (χ4v) is 5.02. The highest BCUT2D eigenvalue weighted by Gasteiger charge is 2.40. The third-order valence-corrected chi connectivity index (χ3v) is 7.06. The summed E-state index contributed by atoms with van der Waals surface area (Å²) in [6, 6.07) is 5.08. The maximum absolute atomic E-state index is 12.6. The first-order valence-electron chi connectivity index (χ1n) is 10.9. The third kappa shape index (κ3) is 5.95. The molecule has 2 aromatic rings. The van der Waals surface area contributed by atoms with Crippen molar-refractivity contribution in [2.75, 3.05) is 6.61 Å². The Morgan fingerprint density at radius 1 is 1.32 bits per heavy atom. The number of hydrogen-bond donors (Lipinski definition) is 2. The predicted molar refractivity (Wildman–Crippen MR) is 118 cm³/mol. The minimum atomic E-state index is -4.12. The molecule has 8 heteroatoms. The second kappa shape index (κ2) is 9.82. The van der Waals surface area contributed by atoms with E-state index in [4.69, 9.17) is 22.1 Å². The van der Waals surface area contributed by atoms with Crippen molar-refractivity contribution in [3.8, 4) is 5.75 Å². The molecular formula is C23H30ClF3N2O2. The largest absolute Gasteiger partial charge is 0.492 e. The number of nitrogens with one attached hydrogen (secondary N) is 1. The van der Waals surface area contributed by atoms with E-state index in [0.29, 0.717) is 35.1 Å². The van der Waals surface area contributed by atoms with Crippen molar-refractivity contribution >= 4 is 22.4 Å². The van der Waals surface area contributed by atoms with Crippen molar-refractivity contribution in [2.45, 2.75) is 70.5 Å². The SMILES string of the molecule is CCC(N)C1(CCCC(F)(F)F)CCC(COc2cc3cc[nH]c(=O)c3cc2Cl)CC1. The van der Waals surface area contributed by atoms with Crippen LogP contribution in [0.25, 0.3) is 10.8 Å². The Labute approximate surface area is 185 Å². The summed E-state index contributed by atoms with van der Waals surface area (Å²) in [5.41, 5.74) is 5.94. The lowest BCUT2D eigenvalue weighted by molar-refractivity contribution is -0.137. The van der Waals surface area contributed by atoms with E-state index in [1.807, 2.05) is 6.92 Å². The second-order valence-corrected chi connectivity index (χ2v) is 9.18. The van der Waals surface area contributed by atoms with Crippen LogP contribution in [-0.2, 0) is 0 Å². The first kappa shape index (κ1) is 23.9. The van der Waals surface area contributed by atoms with Crippen LogP contribution in [-0.4, -0.2) is 23.8 Å². The smallest absolute Gasteiger partial charge is 0.389 e. The molecule has 1 fully saturated rings. The number of benzene rings is 1. The Hall–Kier alpha value is -1.73. The summed E-state index contributed by atoms with van der Waals surface area (Å²) in [5.74, 6) is 0.831. The summed E-state index contributed by atoms with van der Waals surface area (Å²) < 4.78 is 43.8. The van der Waals surface area contributed by atoms with Crippen LogP contribution < -0.4 is 16.0 Å². The van der Waals surface area contributed by atoms with Gasteiger partial charge in [0.2, 0.25) is 0 Å². The molecule has 1 heterocycles. The molecule has 172 valence electrons. The van der Waals surface area contributed by atoms with Crippen molar-refractivity contribution in [3.63, 3.8) is 0 Å². The Morgan fingerprint density at radius 2 is 2.03 bits per heavy atom. The van der Waals surface area contributed by atoms with Crippen molar-refractivity contribution < 1.29 is 17.9 Å². The van der Waals surface area contributed by atoms with Crippen LogP contribution in [0.2, 0.25) is 5.02 Å². The van der Waals surface area contributed by atoms with E-state index in [1.54, 1.807) is 24.4 Å². The zero-order valence-corrected chi connectivity index (χ0v) is 18.5. The van der Waals surface area contributed by atoms with Gasteiger partial charge < -0.3 is 15.5 Å². The fourth-order valence-electron chi connectivity index (χ4n) is 4.81. The van der Waals surface area contributed by atoms with Crippen molar-refractivity contribution in [1.82, 2.24) is 4.98 Å². The highest BCUT2D eigenvalue weighted by molar-refractivity contribution is 6.32. The molecule has 0 aliphatic heterocycles. The number of aromatic nitrogens is 1. The summed E-state index contributed by atoms with van der Waals surface area (Å²) in [7, 11) is 0. The normalized spacial score (nSPS) is 23.1. The molecule has 4 nitrogen and oxygen atoms in total. The standard InChI is InChI=1S/C23H30ClF3N2O2/c1-2-20(28)22(7-3-8-23(25,26)27)9-4-15(5-10-22)14-31-19-12-16-6-11-29-21(30)17(16)13-18(19)24/h6,11-13,15,20H,2-5,7-10,14,28H2,1H3,(H,29,30). The maximum atomic E-state index is 12.6. The van der Waals surface area contributed by atoms with Gasteiger partial charge in [-0.15, -0.1) is 0 Å². The summed E-state index contributed by atoms with van der Waals surface area (Å²) in [6.07, 6.45) is 1.48. The summed E-state index contributed by atoms with van der Waals surface area (Å²) in [5, 5.41) is 1.65. The molecule has 1 aliphatic carbocycles. The Bertz CT molecular complexity index is 937. The molecule has 0 amide bonds. The molecule has 1 unspecified atom stereocenters. The van der Waals surface area contributed by atoms with Crippen LogP contribution in [0.15, 0.2) is 29.2 Å². The topological polar surface area (TPSA) is 68.1 Å². The molecule has 1 aromatic carbocycles. The molecule has 1 aliphatic rings. The first-order valence-corrected chi connectivity index (χ1v) is 11.3. The minimum absolute atomic E-state index is 0.0874. The van der Waals surface area contributed by atoms with Crippen LogP contribution in [0.3, 0.4) is 0 Å². The van der Waals surface area contributed by atoms with E-state index in [0.717, 1.165) is 37.5 Å². The van der Waals surface area contributed by atoms with Gasteiger partial charge in [-0.1, -0.05) is 18.5 Å². The predicted octanol–water partition coefficient (Wildman–Crippen LogP) is 6.21. The average Bonchev–Trinajstić information content (AvgIpc) is 2.72. The van der Waals surface area contributed by atoms with Crippen LogP contribution >= 0.6 is 11.6 Å². The highest BCUT2D eigenvalue weighted by atomic mass is 35.5. The van der Waals surface area contributed by atoms with E-state index in [2.05, 4.69) is 4.98 Å². The molecule has 0 radical (unpaired) electrons. The quantitative estimate of drug-likeness (QED) is 0.494. The monoisotopic (exact) mass is 458 g/mol. The molecule has 3 N–H and O–H groups in total. The summed E-state index contributed by atoms with van der Waals surface area (Å²) >= 11 is 6.31. The van der Waals surface area contributed by atoms with Gasteiger partial charge in [0.1, 0.15) is 5.75 Å². The van der Waals surface area contributed by atoms with Gasteiger partial charge in [0, 0.05) is 24.0 Å². The lowest BCUT2D eigenvalue weighted by atomic mass is 9.63. The van der Waals surface area contributed by atoms with Crippen LogP contribution in [0.5, 0.6) is 5.75 Å². The zero-order chi connectivity index (χ0) is 22.6. The molecule has 1 saturated carbocycles. The van der Waals surface area contributed by atoms with E-state index >= 15 is 0 Å². The molecule has 0 bridgehead atoms. The number of ether oxygens (including phenoxy) is 1. The Morgan fingerprint density at radius 3 is 2.68 bits per heavy atom. The van der Waals surface area contributed by atoms with Gasteiger partial charge >= 0.3 is 6.18 Å². The molecular weight excluding hydrogens is 429 g/mol. The second-order valence-electron chi connectivity index (χ2n) is 8.78. The van der Waals surface area contributed by atoms with Gasteiger partial charge in [-0.2, -0.15) is 13.2 Å². The van der Waals surface area contributed by atoms with Gasteiger partial charge in [0.15, 0.2) is 0 Å². The molecule has 3 rings (SSSR count). The van der Waals surface area contributed by atoms with Gasteiger partial charge in [-0.3, -0.25) is 4.79 Å². The number of H-pyrrole nitrogens is 1. The molecule has 31 heavy (non-hydrogen) atoms. The fraction of sp³-hybridized carbons (Fsp3) is 0.609. The highest BCUT2D eigenvalue weighted by Crippen LogP contribution is 2.46. The van der Waals surface area contributed by atoms with Gasteiger partial charge in [-0.05, 0) is 79.9 Å². The Balaban J connectivity index is 1.60. The number of hydrogen-bond acceptors (Lipinski definition) is 3. The number of fused-ring (bicyclic) bond motifs is 1. The van der Waals surface area contributed by atoms with Crippen molar-refractivity contribution in [3.05, 3.63) is 39.8 Å². The summed E-state index contributed by atoms with van der Waals surface area (Å²) in [4.78, 5) is 14.5. The van der Waals surface area contributed by atoms with E-state index in [9.17, 15) is 18.0 Å². The molecule has 0 saturated heterocycles. The van der Waals surface area contributed by atoms with E-state index in [1.165, 1.54) is 0 Å².